The molecular formula is C21H17ClFN3O3. The summed E-state index contributed by atoms with van der Waals surface area (Å²) in [4.78, 5) is 42.6. The maximum absolute atomic E-state index is 13.4. The van der Waals surface area contributed by atoms with Crippen LogP contribution in [0.25, 0.3) is 10.9 Å². The summed E-state index contributed by atoms with van der Waals surface area (Å²) in [5.74, 6) is -1.54. The number of benzene rings is 2. The van der Waals surface area contributed by atoms with E-state index in [4.69, 9.17) is 11.6 Å². The zero-order valence-corrected chi connectivity index (χ0v) is 16.4. The molecule has 1 atom stereocenters. The van der Waals surface area contributed by atoms with Crippen molar-refractivity contribution in [2.24, 2.45) is 0 Å². The van der Waals surface area contributed by atoms with Crippen molar-refractivity contribution >= 4 is 40.2 Å². The molecule has 2 N–H and O–H groups in total. The topological polar surface area (TPSA) is 82.3 Å². The molecule has 0 spiro atoms. The molecule has 6 nitrogen and oxygen atoms in total. The highest BCUT2D eigenvalue weighted by Crippen LogP contribution is 2.34. The molecule has 4 rings (SSSR count). The van der Waals surface area contributed by atoms with Crippen molar-refractivity contribution in [2.45, 2.75) is 19.4 Å². The van der Waals surface area contributed by atoms with E-state index in [0.29, 0.717) is 11.3 Å². The zero-order chi connectivity index (χ0) is 20.9. The fourth-order valence-electron chi connectivity index (χ4n) is 3.78. The normalized spacial score (nSPS) is 19.1. The molecular weight excluding hydrogens is 397 g/mol. The van der Waals surface area contributed by atoms with Crippen LogP contribution in [-0.4, -0.2) is 34.2 Å². The molecule has 1 aliphatic heterocycles. The van der Waals surface area contributed by atoms with E-state index in [2.05, 4.69) is 10.3 Å². The fraction of sp³-hybridized carbons (Fsp3) is 0.190. The lowest BCUT2D eigenvalue weighted by Gasteiger charge is -2.23. The van der Waals surface area contributed by atoms with Gasteiger partial charge < -0.3 is 10.3 Å². The van der Waals surface area contributed by atoms with Crippen molar-refractivity contribution in [2.75, 3.05) is 6.54 Å². The Morgan fingerprint density at radius 2 is 1.93 bits per heavy atom. The zero-order valence-electron chi connectivity index (χ0n) is 15.7. The third-order valence-electron chi connectivity index (χ3n) is 5.22. The lowest BCUT2D eigenvalue weighted by Crippen LogP contribution is -2.41. The van der Waals surface area contributed by atoms with Crippen molar-refractivity contribution in [3.8, 4) is 0 Å². The van der Waals surface area contributed by atoms with Gasteiger partial charge in [0.15, 0.2) is 5.78 Å². The summed E-state index contributed by atoms with van der Waals surface area (Å²) < 4.78 is 13.4. The van der Waals surface area contributed by atoms with Crippen LogP contribution < -0.4 is 5.32 Å². The van der Waals surface area contributed by atoms with Crippen LogP contribution in [0.15, 0.2) is 42.5 Å². The van der Waals surface area contributed by atoms with Gasteiger partial charge >= 0.3 is 6.03 Å². The number of nitrogens with zero attached hydrogens (tertiary/aromatic N) is 1. The maximum Gasteiger partial charge on any atom is 0.325 e. The number of rotatable bonds is 4. The molecule has 2 aromatic carbocycles. The van der Waals surface area contributed by atoms with Gasteiger partial charge in [0.2, 0.25) is 0 Å². The third kappa shape index (κ3) is 2.98. The van der Waals surface area contributed by atoms with Crippen LogP contribution in [0.3, 0.4) is 0 Å². The first-order valence-corrected chi connectivity index (χ1v) is 9.30. The van der Waals surface area contributed by atoms with E-state index < -0.39 is 29.8 Å². The minimum Gasteiger partial charge on any atom is -0.358 e. The Bertz CT molecular complexity index is 1190. The average Bonchev–Trinajstić information content (AvgIpc) is 3.10. The number of hydrogen-bond acceptors (Lipinski definition) is 3. The number of aryl methyl sites for hydroxylation is 1. The smallest absolute Gasteiger partial charge is 0.325 e. The van der Waals surface area contributed by atoms with Crippen LogP contribution in [0.5, 0.6) is 0 Å². The number of aromatic nitrogens is 1. The Morgan fingerprint density at radius 3 is 2.66 bits per heavy atom. The Hall–Kier alpha value is -3.19. The predicted molar refractivity (Wildman–Crippen MR) is 106 cm³/mol. The summed E-state index contributed by atoms with van der Waals surface area (Å²) in [6.07, 6.45) is 0. The number of ketones is 1. The molecule has 1 aliphatic rings. The maximum atomic E-state index is 13.4. The number of Topliss-reactive ketones (excluding diaryl/α,β-unsaturated/α-hetero) is 1. The summed E-state index contributed by atoms with van der Waals surface area (Å²) in [7, 11) is 0. The first-order valence-electron chi connectivity index (χ1n) is 8.92. The lowest BCUT2D eigenvalue weighted by atomic mass is 9.92. The van der Waals surface area contributed by atoms with Gasteiger partial charge in [-0.05, 0) is 32.0 Å². The minimum atomic E-state index is -1.49. The highest BCUT2D eigenvalue weighted by Gasteiger charge is 2.50. The van der Waals surface area contributed by atoms with E-state index in [0.717, 1.165) is 27.9 Å². The molecule has 0 radical (unpaired) electrons. The minimum absolute atomic E-state index is 0.0156. The predicted octanol–water partition coefficient (Wildman–Crippen LogP) is 3.92. The van der Waals surface area contributed by atoms with E-state index in [-0.39, 0.29) is 16.4 Å². The van der Waals surface area contributed by atoms with Gasteiger partial charge in [0.25, 0.3) is 5.91 Å². The van der Waals surface area contributed by atoms with E-state index in [1.54, 1.807) is 13.0 Å². The van der Waals surface area contributed by atoms with E-state index in [1.165, 1.54) is 13.0 Å². The van der Waals surface area contributed by atoms with Gasteiger partial charge in [-0.2, -0.15) is 0 Å². The van der Waals surface area contributed by atoms with Crippen molar-refractivity contribution in [3.63, 3.8) is 0 Å². The standard InChI is InChI=1S/C21H17ClFN3O3/c1-11-18(13-5-3-4-6-16(13)24-11)17(27)10-26-19(28)21(2,25-20(26)29)14-8-7-12(23)9-15(14)22/h3-9,24H,10H2,1-2H3,(H,25,29). The molecule has 3 aromatic rings. The number of nitrogens with one attached hydrogen (secondary N) is 2. The molecule has 1 saturated heterocycles. The third-order valence-corrected chi connectivity index (χ3v) is 5.53. The second-order valence-corrected chi connectivity index (χ2v) is 7.57. The molecule has 8 heteroatoms. The first-order chi connectivity index (χ1) is 13.7. The van der Waals surface area contributed by atoms with Crippen molar-refractivity contribution in [3.05, 3.63) is 70.1 Å². The summed E-state index contributed by atoms with van der Waals surface area (Å²) in [5.41, 5.74) is 0.671. The molecule has 148 valence electrons. The molecule has 2 heterocycles. The van der Waals surface area contributed by atoms with E-state index >= 15 is 0 Å². The van der Waals surface area contributed by atoms with Gasteiger partial charge in [0.05, 0.1) is 6.54 Å². The van der Waals surface area contributed by atoms with Crippen LogP contribution in [0.2, 0.25) is 5.02 Å². The van der Waals surface area contributed by atoms with Crippen LogP contribution in [0, 0.1) is 12.7 Å². The Labute approximate surface area is 170 Å². The summed E-state index contributed by atoms with van der Waals surface area (Å²) >= 11 is 6.10. The number of carbonyl (C=O) groups is 3. The van der Waals surface area contributed by atoms with Gasteiger partial charge in [-0.3, -0.25) is 14.5 Å². The number of H-pyrrole nitrogens is 1. The first kappa shape index (κ1) is 19.1. The van der Waals surface area contributed by atoms with Gasteiger partial charge in [0.1, 0.15) is 11.4 Å². The van der Waals surface area contributed by atoms with Gasteiger partial charge in [-0.1, -0.05) is 35.9 Å². The second-order valence-electron chi connectivity index (χ2n) is 7.16. The molecule has 1 fully saturated rings. The molecule has 29 heavy (non-hydrogen) atoms. The van der Waals surface area contributed by atoms with Crippen molar-refractivity contribution in [1.82, 2.24) is 15.2 Å². The largest absolute Gasteiger partial charge is 0.358 e. The molecule has 0 saturated carbocycles. The second kappa shape index (κ2) is 6.70. The number of para-hydroxylation sites is 1. The Kier molecular flexibility index (Phi) is 4.42. The number of halogens is 2. The summed E-state index contributed by atoms with van der Waals surface area (Å²) in [6.45, 7) is 2.83. The number of carbonyl (C=O) groups excluding carboxylic acids is 3. The van der Waals surface area contributed by atoms with Crippen LogP contribution in [0.1, 0.15) is 28.5 Å². The van der Waals surface area contributed by atoms with Crippen LogP contribution >= 0.6 is 11.6 Å². The number of fused-ring (bicyclic) bond motifs is 1. The van der Waals surface area contributed by atoms with Gasteiger partial charge in [-0.15, -0.1) is 0 Å². The molecule has 0 aliphatic carbocycles. The van der Waals surface area contributed by atoms with E-state index in [9.17, 15) is 18.8 Å². The quantitative estimate of drug-likeness (QED) is 0.502. The Balaban J connectivity index is 1.66. The fourth-order valence-corrected chi connectivity index (χ4v) is 4.13. The molecule has 3 amide bonds. The van der Waals surface area contributed by atoms with E-state index in [1.807, 2.05) is 18.2 Å². The number of amides is 3. The van der Waals surface area contributed by atoms with Gasteiger partial charge in [-0.25, -0.2) is 9.18 Å². The highest BCUT2D eigenvalue weighted by atomic mass is 35.5. The number of aromatic amines is 1. The number of urea groups is 1. The monoisotopic (exact) mass is 413 g/mol. The summed E-state index contributed by atoms with van der Waals surface area (Å²) in [6, 6.07) is 10.2. The number of imide groups is 1. The molecule has 0 bridgehead atoms. The van der Waals surface area contributed by atoms with Crippen molar-refractivity contribution < 1.29 is 18.8 Å². The highest BCUT2D eigenvalue weighted by molar-refractivity contribution is 6.32. The van der Waals surface area contributed by atoms with Crippen molar-refractivity contribution in [1.29, 1.82) is 0 Å². The average molecular weight is 414 g/mol. The molecule has 1 unspecified atom stereocenters. The number of hydrogen-bond donors (Lipinski definition) is 2. The Morgan fingerprint density at radius 1 is 1.21 bits per heavy atom. The SMILES string of the molecule is Cc1[nH]c2ccccc2c1C(=O)CN1C(=O)NC(C)(c2ccc(F)cc2Cl)C1=O. The van der Waals surface area contributed by atoms with Crippen LogP contribution in [0.4, 0.5) is 9.18 Å². The molecule has 1 aromatic heterocycles. The summed E-state index contributed by atoms with van der Waals surface area (Å²) in [5, 5.41) is 3.32. The van der Waals surface area contributed by atoms with Crippen LogP contribution in [-0.2, 0) is 10.3 Å². The van der Waals surface area contributed by atoms with Gasteiger partial charge in [0, 0.05) is 32.7 Å². The lowest BCUT2D eigenvalue weighted by molar-refractivity contribution is -0.130.